The van der Waals surface area contributed by atoms with E-state index >= 15 is 0 Å². The normalized spacial score (nSPS) is 11.2. The van der Waals surface area contributed by atoms with Gasteiger partial charge in [0.2, 0.25) is 11.8 Å². The van der Waals surface area contributed by atoms with E-state index in [1.54, 1.807) is 31.2 Å². The summed E-state index contributed by atoms with van der Waals surface area (Å²) in [7, 11) is 0. The number of hydrogen-bond acceptors (Lipinski definition) is 4. The Morgan fingerprint density at radius 2 is 1.61 bits per heavy atom. The highest BCUT2D eigenvalue weighted by molar-refractivity contribution is 6.35. The molecule has 23 heavy (non-hydrogen) atoms. The van der Waals surface area contributed by atoms with Gasteiger partial charge >= 0.3 is 0 Å². The first-order chi connectivity index (χ1) is 10.7. The maximum Gasteiger partial charge on any atom is 0.240 e. The summed E-state index contributed by atoms with van der Waals surface area (Å²) in [6, 6.07) is 6.19. The number of carbonyl (C=O) groups excluding carboxylic acids is 2. The van der Waals surface area contributed by atoms with Crippen LogP contribution < -0.4 is 10.6 Å². The van der Waals surface area contributed by atoms with Crippen LogP contribution in [0.3, 0.4) is 0 Å². The Kier molecular flexibility index (Phi) is 4.97. The molecule has 0 radical (unpaired) electrons. The van der Waals surface area contributed by atoms with Gasteiger partial charge in [0.1, 0.15) is 11.2 Å². The lowest BCUT2D eigenvalue weighted by atomic mass is 9.91. The number of rotatable bonds is 4. The Bertz CT molecular complexity index is 736. The minimum absolute atomic E-state index is 0.249. The van der Waals surface area contributed by atoms with Crippen LogP contribution in [0, 0.1) is 12.3 Å². The van der Waals surface area contributed by atoms with Crippen molar-refractivity contribution in [1.29, 1.82) is 0 Å². The SMILES string of the molecule is Cc1cc(NC(=O)C(C)(C)C(=O)Nc2cc(Cl)cc(Cl)c2)no1. The van der Waals surface area contributed by atoms with E-state index in [0.29, 0.717) is 21.5 Å². The van der Waals surface area contributed by atoms with Crippen LogP contribution in [0.25, 0.3) is 0 Å². The summed E-state index contributed by atoms with van der Waals surface area (Å²) in [6.45, 7) is 4.69. The topological polar surface area (TPSA) is 84.2 Å². The molecule has 0 aliphatic heterocycles. The zero-order chi connectivity index (χ0) is 17.2. The summed E-state index contributed by atoms with van der Waals surface area (Å²) in [5, 5.41) is 9.59. The van der Waals surface area contributed by atoms with E-state index in [2.05, 4.69) is 15.8 Å². The summed E-state index contributed by atoms with van der Waals surface area (Å²) >= 11 is 11.8. The number of carbonyl (C=O) groups is 2. The largest absolute Gasteiger partial charge is 0.360 e. The number of nitrogens with one attached hydrogen (secondary N) is 2. The summed E-state index contributed by atoms with van der Waals surface area (Å²) < 4.78 is 4.87. The van der Waals surface area contributed by atoms with Gasteiger partial charge in [-0.15, -0.1) is 0 Å². The molecule has 2 amide bonds. The van der Waals surface area contributed by atoms with Gasteiger partial charge in [0.25, 0.3) is 0 Å². The summed E-state index contributed by atoms with van der Waals surface area (Å²) in [6.07, 6.45) is 0. The molecule has 0 aliphatic rings. The number of aromatic nitrogens is 1. The fraction of sp³-hybridized carbons (Fsp3) is 0.267. The van der Waals surface area contributed by atoms with E-state index in [1.807, 2.05) is 0 Å². The molecule has 8 heteroatoms. The zero-order valence-electron chi connectivity index (χ0n) is 12.7. The lowest BCUT2D eigenvalue weighted by Gasteiger charge is -2.22. The van der Waals surface area contributed by atoms with Gasteiger partial charge in [-0.3, -0.25) is 9.59 Å². The van der Waals surface area contributed by atoms with E-state index in [1.165, 1.54) is 13.8 Å². The maximum atomic E-state index is 12.4. The highest BCUT2D eigenvalue weighted by Crippen LogP contribution is 2.25. The number of benzene rings is 1. The quantitative estimate of drug-likeness (QED) is 0.814. The monoisotopic (exact) mass is 355 g/mol. The Balaban J connectivity index is 2.10. The second-order valence-electron chi connectivity index (χ2n) is 5.51. The molecule has 1 aromatic carbocycles. The van der Waals surface area contributed by atoms with E-state index < -0.39 is 17.2 Å². The van der Waals surface area contributed by atoms with Crippen molar-refractivity contribution >= 4 is 46.5 Å². The molecule has 1 heterocycles. The molecule has 2 aromatic rings. The predicted molar refractivity (Wildman–Crippen MR) is 88.7 cm³/mol. The first-order valence-electron chi connectivity index (χ1n) is 6.71. The molecule has 0 aliphatic carbocycles. The van der Waals surface area contributed by atoms with Crippen molar-refractivity contribution in [1.82, 2.24) is 5.16 Å². The molecular weight excluding hydrogens is 341 g/mol. The van der Waals surface area contributed by atoms with Crippen molar-refractivity contribution in [3.8, 4) is 0 Å². The molecule has 0 spiro atoms. The van der Waals surface area contributed by atoms with Gasteiger partial charge in [0.15, 0.2) is 5.82 Å². The lowest BCUT2D eigenvalue weighted by Crippen LogP contribution is -2.41. The standard InChI is InChI=1S/C15H15Cl2N3O3/c1-8-4-12(20-23-8)19-14(22)15(2,3)13(21)18-11-6-9(16)5-10(17)7-11/h4-7H,1-3H3,(H,18,21)(H,19,20,22). The van der Waals surface area contributed by atoms with Crippen LogP contribution in [0.2, 0.25) is 10.0 Å². The number of anilines is 2. The highest BCUT2D eigenvalue weighted by Gasteiger charge is 2.36. The fourth-order valence-electron chi connectivity index (χ4n) is 1.71. The average molecular weight is 356 g/mol. The summed E-state index contributed by atoms with van der Waals surface area (Å²) in [5.41, 5.74) is -0.938. The third-order valence-corrected chi connectivity index (χ3v) is 3.56. The van der Waals surface area contributed by atoms with Crippen LogP contribution in [0.1, 0.15) is 19.6 Å². The second kappa shape index (κ2) is 6.60. The Labute approximate surface area is 143 Å². The van der Waals surface area contributed by atoms with Gasteiger partial charge in [0, 0.05) is 21.8 Å². The molecule has 2 rings (SSSR count). The van der Waals surface area contributed by atoms with Crippen LogP contribution >= 0.6 is 23.2 Å². The van der Waals surface area contributed by atoms with Gasteiger partial charge < -0.3 is 15.2 Å². The molecule has 0 saturated carbocycles. The molecule has 0 saturated heterocycles. The molecule has 0 fully saturated rings. The third kappa shape index (κ3) is 4.24. The fourth-order valence-corrected chi connectivity index (χ4v) is 2.24. The van der Waals surface area contributed by atoms with E-state index in [9.17, 15) is 9.59 Å². The van der Waals surface area contributed by atoms with Crippen LogP contribution in [-0.4, -0.2) is 17.0 Å². The van der Waals surface area contributed by atoms with E-state index in [-0.39, 0.29) is 5.82 Å². The Morgan fingerprint density at radius 3 is 2.13 bits per heavy atom. The van der Waals surface area contributed by atoms with E-state index in [0.717, 1.165) is 0 Å². The van der Waals surface area contributed by atoms with Crippen molar-refractivity contribution < 1.29 is 14.1 Å². The number of hydrogen-bond donors (Lipinski definition) is 2. The van der Waals surface area contributed by atoms with Crippen LogP contribution in [0.15, 0.2) is 28.8 Å². The summed E-state index contributed by atoms with van der Waals surface area (Å²) in [4.78, 5) is 24.7. The molecule has 0 unspecified atom stereocenters. The molecule has 2 N–H and O–H groups in total. The molecule has 6 nitrogen and oxygen atoms in total. The minimum Gasteiger partial charge on any atom is -0.360 e. The van der Waals surface area contributed by atoms with Gasteiger partial charge in [-0.1, -0.05) is 28.4 Å². The first kappa shape index (κ1) is 17.3. The molecule has 1 aromatic heterocycles. The smallest absolute Gasteiger partial charge is 0.240 e. The lowest BCUT2D eigenvalue weighted by molar-refractivity contribution is -0.135. The van der Waals surface area contributed by atoms with Gasteiger partial charge in [-0.2, -0.15) is 0 Å². The van der Waals surface area contributed by atoms with Crippen molar-refractivity contribution in [2.24, 2.45) is 5.41 Å². The Hall–Kier alpha value is -2.05. The van der Waals surface area contributed by atoms with Crippen molar-refractivity contribution in [2.45, 2.75) is 20.8 Å². The molecule has 122 valence electrons. The second-order valence-corrected chi connectivity index (χ2v) is 6.39. The van der Waals surface area contributed by atoms with Crippen molar-refractivity contribution in [2.75, 3.05) is 10.6 Å². The average Bonchev–Trinajstić information content (AvgIpc) is 2.82. The number of nitrogens with zero attached hydrogens (tertiary/aromatic N) is 1. The zero-order valence-corrected chi connectivity index (χ0v) is 14.2. The molecule has 0 bridgehead atoms. The minimum atomic E-state index is -1.35. The highest BCUT2D eigenvalue weighted by atomic mass is 35.5. The molecule has 0 atom stereocenters. The number of aryl methyl sites for hydroxylation is 1. The predicted octanol–water partition coefficient (Wildman–Crippen LogP) is 3.89. The van der Waals surface area contributed by atoms with Crippen LogP contribution in [-0.2, 0) is 9.59 Å². The van der Waals surface area contributed by atoms with Crippen molar-refractivity contribution in [3.63, 3.8) is 0 Å². The number of amides is 2. The van der Waals surface area contributed by atoms with Gasteiger partial charge in [-0.05, 0) is 39.0 Å². The maximum absolute atomic E-state index is 12.4. The van der Waals surface area contributed by atoms with Gasteiger partial charge in [-0.25, -0.2) is 0 Å². The van der Waals surface area contributed by atoms with Crippen LogP contribution in [0.4, 0.5) is 11.5 Å². The van der Waals surface area contributed by atoms with Crippen LogP contribution in [0.5, 0.6) is 0 Å². The van der Waals surface area contributed by atoms with Crippen molar-refractivity contribution in [3.05, 3.63) is 40.1 Å². The van der Waals surface area contributed by atoms with E-state index in [4.69, 9.17) is 27.7 Å². The molecular formula is C15H15Cl2N3O3. The Morgan fingerprint density at radius 1 is 1.04 bits per heavy atom. The first-order valence-corrected chi connectivity index (χ1v) is 7.46. The number of halogens is 2. The van der Waals surface area contributed by atoms with Gasteiger partial charge in [0.05, 0.1) is 0 Å². The summed E-state index contributed by atoms with van der Waals surface area (Å²) in [5.74, 6) is -0.222. The third-order valence-electron chi connectivity index (χ3n) is 3.13.